The molecule has 0 fully saturated rings. The maximum Gasteiger partial charge on any atom is 0.0848 e. The van der Waals surface area contributed by atoms with E-state index < -0.39 is 0 Å². The molecule has 2 rings (SSSR count). The summed E-state index contributed by atoms with van der Waals surface area (Å²) in [5.41, 5.74) is 2.65. The maximum atomic E-state index is 6.07. The van der Waals surface area contributed by atoms with Crippen molar-refractivity contribution in [2.75, 3.05) is 0 Å². The third-order valence-electron chi connectivity index (χ3n) is 2.14. The molecule has 15 heavy (non-hydrogen) atoms. The van der Waals surface area contributed by atoms with Gasteiger partial charge in [0.1, 0.15) is 0 Å². The molecule has 0 aliphatic heterocycles. The smallest absolute Gasteiger partial charge is 0.0848 e. The highest BCUT2D eigenvalue weighted by molar-refractivity contribution is 9.10. The average molecular weight is 287 g/mol. The molecule has 0 spiro atoms. The summed E-state index contributed by atoms with van der Waals surface area (Å²) in [6.07, 6.45) is 3.48. The van der Waals surface area contributed by atoms with E-state index in [1.807, 2.05) is 19.9 Å². The van der Waals surface area contributed by atoms with Gasteiger partial charge < -0.3 is 0 Å². The summed E-state index contributed by atoms with van der Waals surface area (Å²) in [6.45, 7) is 3.82. The van der Waals surface area contributed by atoms with Gasteiger partial charge in [-0.15, -0.1) is 0 Å². The van der Waals surface area contributed by atoms with Gasteiger partial charge in [-0.3, -0.25) is 4.98 Å². The fourth-order valence-corrected chi connectivity index (χ4v) is 1.86. The highest BCUT2D eigenvalue weighted by atomic mass is 79.9. The van der Waals surface area contributed by atoms with Crippen molar-refractivity contribution in [3.8, 4) is 5.69 Å². The van der Waals surface area contributed by atoms with Crippen LogP contribution in [0.3, 0.4) is 0 Å². The van der Waals surface area contributed by atoms with Gasteiger partial charge in [-0.2, -0.15) is 5.10 Å². The van der Waals surface area contributed by atoms with Crippen LogP contribution in [0.1, 0.15) is 11.4 Å². The topological polar surface area (TPSA) is 30.7 Å². The summed E-state index contributed by atoms with van der Waals surface area (Å²) in [7, 11) is 0. The largest absolute Gasteiger partial charge is 0.261 e. The molecule has 3 nitrogen and oxygen atoms in total. The second-order valence-electron chi connectivity index (χ2n) is 3.26. The number of nitrogens with zero attached hydrogens (tertiary/aromatic N) is 3. The van der Waals surface area contributed by atoms with Gasteiger partial charge in [-0.05, 0) is 35.8 Å². The molecular formula is C10H9BrClN3. The predicted molar refractivity (Wildman–Crippen MR) is 63.5 cm³/mol. The molecule has 0 bridgehead atoms. The number of aryl methyl sites for hydroxylation is 1. The summed E-state index contributed by atoms with van der Waals surface area (Å²) in [6, 6.07) is 1.95. The van der Waals surface area contributed by atoms with E-state index in [1.54, 1.807) is 17.1 Å². The third-order valence-corrected chi connectivity index (χ3v) is 3.12. The van der Waals surface area contributed by atoms with E-state index in [0.717, 1.165) is 21.5 Å². The van der Waals surface area contributed by atoms with Gasteiger partial charge in [0.2, 0.25) is 0 Å². The number of halogens is 2. The Bertz CT molecular complexity index is 507. The number of hydrogen-bond donors (Lipinski definition) is 0. The van der Waals surface area contributed by atoms with Crippen LogP contribution in [0, 0.1) is 13.8 Å². The maximum absolute atomic E-state index is 6.07. The molecule has 0 atom stereocenters. The molecule has 5 heteroatoms. The van der Waals surface area contributed by atoms with Gasteiger partial charge in [0, 0.05) is 10.7 Å². The first-order valence-electron chi connectivity index (χ1n) is 4.42. The van der Waals surface area contributed by atoms with Crippen molar-refractivity contribution >= 4 is 27.5 Å². The molecule has 78 valence electrons. The van der Waals surface area contributed by atoms with E-state index in [4.69, 9.17) is 11.6 Å². The van der Waals surface area contributed by atoms with Crippen molar-refractivity contribution in [1.82, 2.24) is 14.8 Å². The standard InChI is InChI=1S/C10H9BrClN3/c1-6-10(12)7(2)15(14-6)9-3-8(11)4-13-5-9/h3-5H,1-2H3. The summed E-state index contributed by atoms with van der Waals surface area (Å²) >= 11 is 9.45. The number of aromatic nitrogens is 3. The monoisotopic (exact) mass is 285 g/mol. The van der Waals surface area contributed by atoms with Crippen molar-refractivity contribution in [3.05, 3.63) is 39.3 Å². The lowest BCUT2D eigenvalue weighted by Gasteiger charge is -2.03. The minimum Gasteiger partial charge on any atom is -0.261 e. The Kier molecular flexibility index (Phi) is 2.80. The van der Waals surface area contributed by atoms with Crippen LogP contribution in [-0.4, -0.2) is 14.8 Å². The second kappa shape index (κ2) is 3.94. The molecule has 0 N–H and O–H groups in total. The molecule has 0 aliphatic carbocycles. The van der Waals surface area contributed by atoms with Gasteiger partial charge in [-0.1, -0.05) is 11.6 Å². The van der Waals surface area contributed by atoms with Gasteiger partial charge in [-0.25, -0.2) is 4.68 Å². The Morgan fingerprint density at radius 2 is 2.07 bits per heavy atom. The SMILES string of the molecule is Cc1nn(-c2cncc(Br)c2)c(C)c1Cl. The summed E-state index contributed by atoms with van der Waals surface area (Å²) < 4.78 is 2.71. The molecule has 0 radical (unpaired) electrons. The van der Waals surface area contributed by atoms with E-state index in [-0.39, 0.29) is 0 Å². The molecule has 0 aromatic carbocycles. The zero-order chi connectivity index (χ0) is 11.0. The molecule has 0 aliphatic rings. The molecule has 0 unspecified atom stereocenters. The lowest BCUT2D eigenvalue weighted by Crippen LogP contribution is -1.99. The van der Waals surface area contributed by atoms with Gasteiger partial charge in [0.25, 0.3) is 0 Å². The molecule has 0 saturated carbocycles. The zero-order valence-corrected chi connectivity index (χ0v) is 10.7. The summed E-state index contributed by atoms with van der Waals surface area (Å²) in [5.74, 6) is 0. The molecular weight excluding hydrogens is 277 g/mol. The van der Waals surface area contributed by atoms with Crippen LogP contribution in [0.25, 0.3) is 5.69 Å². The van der Waals surface area contributed by atoms with E-state index in [2.05, 4.69) is 26.0 Å². The van der Waals surface area contributed by atoms with E-state index in [1.165, 1.54) is 0 Å². The lowest BCUT2D eigenvalue weighted by atomic mass is 10.4. The highest BCUT2D eigenvalue weighted by Crippen LogP contribution is 2.23. The Morgan fingerprint density at radius 1 is 1.33 bits per heavy atom. The second-order valence-corrected chi connectivity index (χ2v) is 4.55. The minimum atomic E-state index is 0.704. The molecule has 0 saturated heterocycles. The number of rotatable bonds is 1. The number of pyridine rings is 1. The first-order chi connectivity index (χ1) is 7.09. The Morgan fingerprint density at radius 3 is 2.60 bits per heavy atom. The third kappa shape index (κ3) is 1.92. The molecule has 2 heterocycles. The van der Waals surface area contributed by atoms with Crippen molar-refractivity contribution in [2.24, 2.45) is 0 Å². The van der Waals surface area contributed by atoms with Crippen LogP contribution >= 0.6 is 27.5 Å². The van der Waals surface area contributed by atoms with Gasteiger partial charge in [0.05, 0.1) is 28.3 Å². The average Bonchev–Trinajstić information content (AvgIpc) is 2.46. The van der Waals surface area contributed by atoms with Crippen molar-refractivity contribution in [3.63, 3.8) is 0 Å². The minimum absolute atomic E-state index is 0.704. The number of hydrogen-bond acceptors (Lipinski definition) is 2. The van der Waals surface area contributed by atoms with E-state index in [0.29, 0.717) is 5.02 Å². The van der Waals surface area contributed by atoms with Crippen LogP contribution in [0.5, 0.6) is 0 Å². The lowest BCUT2D eigenvalue weighted by molar-refractivity contribution is 0.828. The predicted octanol–water partition coefficient (Wildman–Crippen LogP) is 3.30. The van der Waals surface area contributed by atoms with Crippen molar-refractivity contribution in [2.45, 2.75) is 13.8 Å². The van der Waals surface area contributed by atoms with Gasteiger partial charge >= 0.3 is 0 Å². The summed E-state index contributed by atoms with van der Waals surface area (Å²) in [5, 5.41) is 5.05. The van der Waals surface area contributed by atoms with Crippen LogP contribution in [0.4, 0.5) is 0 Å². The quantitative estimate of drug-likeness (QED) is 0.805. The first kappa shape index (κ1) is 10.6. The van der Waals surface area contributed by atoms with Crippen LogP contribution in [-0.2, 0) is 0 Å². The zero-order valence-electron chi connectivity index (χ0n) is 8.33. The fourth-order valence-electron chi connectivity index (χ4n) is 1.39. The Balaban J connectivity index is 2.59. The molecule has 2 aromatic heterocycles. The van der Waals surface area contributed by atoms with E-state index >= 15 is 0 Å². The van der Waals surface area contributed by atoms with Crippen molar-refractivity contribution in [1.29, 1.82) is 0 Å². The van der Waals surface area contributed by atoms with Crippen LogP contribution in [0.15, 0.2) is 22.9 Å². The normalized spacial score (nSPS) is 10.7. The Labute approximate surface area is 101 Å². The summed E-state index contributed by atoms with van der Waals surface area (Å²) in [4.78, 5) is 4.09. The first-order valence-corrected chi connectivity index (χ1v) is 5.59. The Hall–Kier alpha value is -0.870. The molecule has 2 aromatic rings. The fraction of sp³-hybridized carbons (Fsp3) is 0.200. The highest BCUT2D eigenvalue weighted by Gasteiger charge is 2.10. The molecule has 0 amide bonds. The van der Waals surface area contributed by atoms with Gasteiger partial charge in [0.15, 0.2) is 0 Å². The van der Waals surface area contributed by atoms with E-state index in [9.17, 15) is 0 Å². The van der Waals surface area contributed by atoms with Crippen LogP contribution < -0.4 is 0 Å². The van der Waals surface area contributed by atoms with Crippen molar-refractivity contribution < 1.29 is 0 Å². The van der Waals surface area contributed by atoms with Crippen LogP contribution in [0.2, 0.25) is 5.02 Å².